The van der Waals surface area contributed by atoms with Crippen LogP contribution in [0.1, 0.15) is 35.7 Å². The van der Waals surface area contributed by atoms with Crippen LogP contribution in [0.4, 0.5) is 11.4 Å². The summed E-state index contributed by atoms with van der Waals surface area (Å²) in [5.74, 6) is 0.0729. The average Bonchev–Trinajstić information content (AvgIpc) is 2.60. The summed E-state index contributed by atoms with van der Waals surface area (Å²) in [6.45, 7) is 2.50. The van der Waals surface area contributed by atoms with Gasteiger partial charge in [0.15, 0.2) is 0 Å². The molecule has 0 saturated carbocycles. The molecule has 3 rings (SSSR count). The smallest absolute Gasteiger partial charge is 0.258 e. The van der Waals surface area contributed by atoms with Crippen LogP contribution in [0.25, 0.3) is 0 Å². The summed E-state index contributed by atoms with van der Waals surface area (Å²) in [6.07, 6.45) is 2.26. The minimum atomic E-state index is -3.31. The van der Waals surface area contributed by atoms with Crippen LogP contribution in [0.15, 0.2) is 48.5 Å². The van der Waals surface area contributed by atoms with E-state index >= 15 is 0 Å². The van der Waals surface area contributed by atoms with Crippen molar-refractivity contribution in [3.63, 3.8) is 0 Å². The molecule has 1 amide bonds. The molecule has 0 unspecified atom stereocenters. The van der Waals surface area contributed by atoms with Gasteiger partial charge < -0.3 is 4.90 Å². The molecule has 6 heteroatoms. The molecule has 0 saturated heterocycles. The predicted molar refractivity (Wildman–Crippen MR) is 101 cm³/mol. The SMILES string of the molecule is CCCS(=O)(=O)Nc1ccc2c(c1)CCCN2C(=O)c1ccccc1. The molecule has 25 heavy (non-hydrogen) atoms. The second-order valence-electron chi connectivity index (χ2n) is 6.19. The van der Waals surface area contributed by atoms with E-state index in [-0.39, 0.29) is 11.7 Å². The van der Waals surface area contributed by atoms with Gasteiger partial charge in [0.2, 0.25) is 10.0 Å². The number of hydrogen-bond acceptors (Lipinski definition) is 3. The molecule has 1 aliphatic heterocycles. The average molecular weight is 358 g/mol. The summed E-state index contributed by atoms with van der Waals surface area (Å²) in [4.78, 5) is 14.6. The van der Waals surface area contributed by atoms with Gasteiger partial charge in [-0.3, -0.25) is 9.52 Å². The Hall–Kier alpha value is -2.34. The molecule has 132 valence electrons. The van der Waals surface area contributed by atoms with Crippen LogP contribution in [0, 0.1) is 0 Å². The van der Waals surface area contributed by atoms with Crippen LogP contribution >= 0.6 is 0 Å². The zero-order chi connectivity index (χ0) is 17.9. The lowest BCUT2D eigenvalue weighted by atomic mass is 10.00. The maximum atomic E-state index is 12.8. The van der Waals surface area contributed by atoms with E-state index in [2.05, 4.69) is 4.72 Å². The summed E-state index contributed by atoms with van der Waals surface area (Å²) in [7, 11) is -3.31. The number of sulfonamides is 1. The van der Waals surface area contributed by atoms with Gasteiger partial charge in [0.1, 0.15) is 0 Å². The molecule has 0 radical (unpaired) electrons. The van der Waals surface area contributed by atoms with Gasteiger partial charge in [-0.25, -0.2) is 8.42 Å². The van der Waals surface area contributed by atoms with Crippen LogP contribution in [-0.4, -0.2) is 26.6 Å². The summed E-state index contributed by atoms with van der Waals surface area (Å²) in [5.41, 5.74) is 3.06. The first-order valence-corrected chi connectivity index (χ1v) is 10.2. The minimum Gasteiger partial charge on any atom is -0.308 e. The molecule has 5 nitrogen and oxygen atoms in total. The van der Waals surface area contributed by atoms with Crippen LogP contribution < -0.4 is 9.62 Å². The lowest BCUT2D eigenvalue weighted by Crippen LogP contribution is -2.35. The quantitative estimate of drug-likeness (QED) is 0.890. The first-order chi connectivity index (χ1) is 12.0. The summed E-state index contributed by atoms with van der Waals surface area (Å²) in [5, 5.41) is 0. The van der Waals surface area contributed by atoms with Crippen LogP contribution in [0.3, 0.4) is 0 Å². The van der Waals surface area contributed by atoms with Crippen molar-refractivity contribution in [2.75, 3.05) is 21.9 Å². The lowest BCUT2D eigenvalue weighted by molar-refractivity contribution is 0.0985. The molecular weight excluding hydrogens is 336 g/mol. The van der Waals surface area contributed by atoms with Crippen molar-refractivity contribution in [2.24, 2.45) is 0 Å². The van der Waals surface area contributed by atoms with E-state index in [0.29, 0.717) is 24.2 Å². The van der Waals surface area contributed by atoms with Crippen molar-refractivity contribution in [3.05, 3.63) is 59.7 Å². The molecular formula is C19H22N2O3S. The Labute approximate surface area is 148 Å². The first-order valence-electron chi connectivity index (χ1n) is 8.50. The molecule has 1 heterocycles. The highest BCUT2D eigenvalue weighted by Crippen LogP contribution is 2.31. The number of nitrogens with zero attached hydrogens (tertiary/aromatic N) is 1. The van der Waals surface area contributed by atoms with Gasteiger partial charge in [0.05, 0.1) is 5.75 Å². The first kappa shape index (κ1) is 17.5. The zero-order valence-corrected chi connectivity index (χ0v) is 15.1. The van der Waals surface area contributed by atoms with Crippen LogP contribution in [-0.2, 0) is 16.4 Å². The largest absolute Gasteiger partial charge is 0.308 e. The fraction of sp³-hybridized carbons (Fsp3) is 0.316. The molecule has 0 aromatic heterocycles. The van der Waals surface area contributed by atoms with Crippen molar-refractivity contribution < 1.29 is 13.2 Å². The molecule has 0 bridgehead atoms. The van der Waals surface area contributed by atoms with E-state index < -0.39 is 10.0 Å². The van der Waals surface area contributed by atoms with Crippen LogP contribution in [0.2, 0.25) is 0 Å². The van der Waals surface area contributed by atoms with Crippen molar-refractivity contribution in [2.45, 2.75) is 26.2 Å². The van der Waals surface area contributed by atoms with Crippen molar-refractivity contribution >= 4 is 27.3 Å². The number of fused-ring (bicyclic) bond motifs is 1. The summed E-state index contributed by atoms with van der Waals surface area (Å²) < 4.78 is 26.5. The normalized spacial score (nSPS) is 14.0. The Balaban J connectivity index is 1.87. The molecule has 1 N–H and O–H groups in total. The number of rotatable bonds is 5. The maximum absolute atomic E-state index is 12.8. The summed E-state index contributed by atoms with van der Waals surface area (Å²) in [6, 6.07) is 14.6. The molecule has 0 aliphatic carbocycles. The van der Waals surface area contributed by atoms with E-state index in [1.807, 2.05) is 49.4 Å². The minimum absolute atomic E-state index is 0.0270. The number of aryl methyl sites for hydroxylation is 1. The highest BCUT2D eigenvalue weighted by Gasteiger charge is 2.24. The maximum Gasteiger partial charge on any atom is 0.258 e. The van der Waals surface area contributed by atoms with Gasteiger partial charge in [-0.1, -0.05) is 25.1 Å². The molecule has 1 aliphatic rings. The van der Waals surface area contributed by atoms with Gasteiger partial charge in [-0.05, 0) is 55.2 Å². The highest BCUT2D eigenvalue weighted by atomic mass is 32.2. The lowest BCUT2D eigenvalue weighted by Gasteiger charge is -2.30. The van der Waals surface area contributed by atoms with E-state index in [1.165, 1.54) is 0 Å². The molecule has 0 atom stereocenters. The Morgan fingerprint density at radius 2 is 1.92 bits per heavy atom. The topological polar surface area (TPSA) is 66.5 Å². The number of carbonyl (C=O) groups is 1. The molecule has 2 aromatic rings. The number of nitrogens with one attached hydrogen (secondary N) is 1. The highest BCUT2D eigenvalue weighted by molar-refractivity contribution is 7.92. The Morgan fingerprint density at radius 1 is 1.16 bits per heavy atom. The fourth-order valence-corrected chi connectivity index (χ4v) is 4.23. The number of hydrogen-bond donors (Lipinski definition) is 1. The third kappa shape index (κ3) is 4.02. The van der Waals surface area contributed by atoms with Crippen molar-refractivity contribution in [3.8, 4) is 0 Å². The van der Waals surface area contributed by atoms with E-state index in [9.17, 15) is 13.2 Å². The zero-order valence-electron chi connectivity index (χ0n) is 14.2. The summed E-state index contributed by atoms with van der Waals surface area (Å²) >= 11 is 0. The van der Waals surface area contributed by atoms with Gasteiger partial charge in [-0.2, -0.15) is 0 Å². The molecule has 0 fully saturated rings. The van der Waals surface area contributed by atoms with Crippen molar-refractivity contribution in [1.82, 2.24) is 0 Å². The van der Waals surface area contributed by atoms with Gasteiger partial charge >= 0.3 is 0 Å². The fourth-order valence-electron chi connectivity index (χ4n) is 3.11. The van der Waals surface area contributed by atoms with Crippen LogP contribution in [0.5, 0.6) is 0 Å². The van der Waals surface area contributed by atoms with Gasteiger partial charge in [-0.15, -0.1) is 0 Å². The van der Waals surface area contributed by atoms with E-state index in [1.54, 1.807) is 11.0 Å². The van der Waals surface area contributed by atoms with E-state index in [4.69, 9.17) is 0 Å². The predicted octanol–water partition coefficient (Wildman–Crippen LogP) is 3.43. The monoisotopic (exact) mass is 358 g/mol. The standard InChI is InChI=1S/C19H22N2O3S/c1-2-13-25(23,24)20-17-10-11-18-16(14-17)9-6-12-21(18)19(22)15-7-4-3-5-8-15/h3-5,7-8,10-11,14,20H,2,6,9,12-13H2,1H3. The second-order valence-corrected chi connectivity index (χ2v) is 8.03. The van der Waals surface area contributed by atoms with E-state index in [0.717, 1.165) is 24.1 Å². The number of amides is 1. The molecule has 0 spiro atoms. The van der Waals surface area contributed by atoms with Gasteiger partial charge in [0.25, 0.3) is 5.91 Å². The third-order valence-electron chi connectivity index (χ3n) is 4.21. The second kappa shape index (κ2) is 7.27. The van der Waals surface area contributed by atoms with Gasteiger partial charge in [0, 0.05) is 23.5 Å². The Kier molecular flexibility index (Phi) is 5.08. The van der Waals surface area contributed by atoms with Crippen molar-refractivity contribution in [1.29, 1.82) is 0 Å². The Bertz CT molecular complexity index is 863. The number of benzene rings is 2. The third-order valence-corrected chi connectivity index (χ3v) is 5.70. The Morgan fingerprint density at radius 3 is 2.64 bits per heavy atom. The number of carbonyl (C=O) groups excluding carboxylic acids is 1. The molecule has 2 aromatic carbocycles. The number of anilines is 2.